The zero-order valence-electron chi connectivity index (χ0n) is 13.8. The SMILES string of the molecule is Cc1noc(CN2CCN(C(=O)CC3(O)CCCCC3)CC2)n1. The molecule has 0 spiro atoms. The standard InChI is InChI=1S/C16H26N4O3/c1-13-17-14(23-18-13)12-19-7-9-20(10-8-19)15(21)11-16(22)5-3-2-4-6-16/h22H,2-12H2,1H3. The number of aromatic nitrogens is 2. The third-order valence-electron chi connectivity index (χ3n) is 4.92. The number of carbonyl (C=O) groups is 1. The van der Waals surface area contributed by atoms with Crippen molar-refractivity contribution >= 4 is 5.91 Å². The zero-order chi connectivity index (χ0) is 16.3. The molecule has 0 atom stereocenters. The molecule has 0 bridgehead atoms. The number of hydrogen-bond acceptors (Lipinski definition) is 6. The Kier molecular flexibility index (Phi) is 4.96. The van der Waals surface area contributed by atoms with Gasteiger partial charge in [0.2, 0.25) is 11.8 Å². The maximum absolute atomic E-state index is 12.4. The van der Waals surface area contributed by atoms with Crippen molar-refractivity contribution in [3.8, 4) is 0 Å². The van der Waals surface area contributed by atoms with Crippen molar-refractivity contribution in [2.75, 3.05) is 26.2 Å². The number of aryl methyl sites for hydroxylation is 1. The minimum absolute atomic E-state index is 0.0858. The molecule has 128 valence electrons. The van der Waals surface area contributed by atoms with E-state index in [1.165, 1.54) is 6.42 Å². The van der Waals surface area contributed by atoms with Crippen molar-refractivity contribution in [1.29, 1.82) is 0 Å². The summed E-state index contributed by atoms with van der Waals surface area (Å²) in [6, 6.07) is 0. The minimum Gasteiger partial charge on any atom is -0.389 e. The lowest BCUT2D eigenvalue weighted by atomic mass is 9.82. The molecule has 0 unspecified atom stereocenters. The largest absolute Gasteiger partial charge is 0.389 e. The van der Waals surface area contributed by atoms with E-state index in [9.17, 15) is 9.90 Å². The number of amides is 1. The summed E-state index contributed by atoms with van der Waals surface area (Å²) in [4.78, 5) is 20.8. The van der Waals surface area contributed by atoms with E-state index in [4.69, 9.17) is 4.52 Å². The number of nitrogens with zero attached hydrogens (tertiary/aromatic N) is 4. The smallest absolute Gasteiger partial charge is 0.240 e. The molecule has 1 aromatic heterocycles. The molecule has 1 aliphatic carbocycles. The van der Waals surface area contributed by atoms with E-state index >= 15 is 0 Å². The monoisotopic (exact) mass is 322 g/mol. The van der Waals surface area contributed by atoms with E-state index in [-0.39, 0.29) is 12.3 Å². The van der Waals surface area contributed by atoms with Gasteiger partial charge in [0.15, 0.2) is 5.82 Å². The summed E-state index contributed by atoms with van der Waals surface area (Å²) >= 11 is 0. The Morgan fingerprint density at radius 1 is 1.22 bits per heavy atom. The molecule has 7 heteroatoms. The maximum Gasteiger partial charge on any atom is 0.240 e. The summed E-state index contributed by atoms with van der Waals surface area (Å²) < 4.78 is 5.14. The summed E-state index contributed by atoms with van der Waals surface area (Å²) in [6.45, 7) is 5.42. The highest BCUT2D eigenvalue weighted by Crippen LogP contribution is 2.31. The van der Waals surface area contributed by atoms with Gasteiger partial charge in [-0.15, -0.1) is 0 Å². The molecule has 2 fully saturated rings. The predicted molar refractivity (Wildman–Crippen MR) is 83.5 cm³/mol. The third kappa shape index (κ3) is 4.29. The third-order valence-corrected chi connectivity index (χ3v) is 4.92. The first-order valence-electron chi connectivity index (χ1n) is 8.56. The van der Waals surface area contributed by atoms with Gasteiger partial charge in [-0.3, -0.25) is 9.69 Å². The topological polar surface area (TPSA) is 82.7 Å². The van der Waals surface area contributed by atoms with E-state index < -0.39 is 5.60 Å². The number of piperazine rings is 1. The zero-order valence-corrected chi connectivity index (χ0v) is 13.8. The van der Waals surface area contributed by atoms with Crippen LogP contribution in [0.3, 0.4) is 0 Å². The molecule has 23 heavy (non-hydrogen) atoms. The first-order valence-corrected chi connectivity index (χ1v) is 8.56. The maximum atomic E-state index is 12.4. The van der Waals surface area contributed by atoms with Crippen LogP contribution in [0, 0.1) is 6.92 Å². The van der Waals surface area contributed by atoms with Gasteiger partial charge < -0.3 is 14.5 Å². The van der Waals surface area contributed by atoms with Crippen LogP contribution in [-0.2, 0) is 11.3 Å². The van der Waals surface area contributed by atoms with Gasteiger partial charge in [-0.25, -0.2) is 0 Å². The second-order valence-corrected chi connectivity index (χ2v) is 6.85. The first kappa shape index (κ1) is 16.4. The van der Waals surface area contributed by atoms with Crippen LogP contribution in [0.25, 0.3) is 0 Å². The van der Waals surface area contributed by atoms with Crippen LogP contribution in [0.1, 0.15) is 50.2 Å². The highest BCUT2D eigenvalue weighted by Gasteiger charge is 2.34. The van der Waals surface area contributed by atoms with Gasteiger partial charge in [0.1, 0.15) is 0 Å². The van der Waals surface area contributed by atoms with E-state index in [2.05, 4.69) is 15.0 Å². The van der Waals surface area contributed by atoms with Crippen molar-refractivity contribution in [3.05, 3.63) is 11.7 Å². The molecule has 2 aliphatic rings. The molecule has 1 saturated heterocycles. The second kappa shape index (κ2) is 6.97. The van der Waals surface area contributed by atoms with Crippen molar-refractivity contribution in [2.24, 2.45) is 0 Å². The van der Waals surface area contributed by atoms with Crippen molar-refractivity contribution in [1.82, 2.24) is 19.9 Å². The van der Waals surface area contributed by atoms with Crippen LogP contribution in [0.5, 0.6) is 0 Å². The number of aliphatic hydroxyl groups is 1. The van der Waals surface area contributed by atoms with E-state index in [0.717, 1.165) is 38.8 Å². The molecule has 0 aromatic carbocycles. The summed E-state index contributed by atoms with van der Waals surface area (Å²) in [7, 11) is 0. The van der Waals surface area contributed by atoms with E-state index in [1.54, 1.807) is 6.92 Å². The van der Waals surface area contributed by atoms with Crippen LogP contribution in [0.4, 0.5) is 0 Å². The summed E-state index contributed by atoms with van der Waals surface area (Å²) in [5, 5.41) is 14.3. The lowest BCUT2D eigenvalue weighted by Crippen LogP contribution is -2.50. The average Bonchev–Trinajstić information content (AvgIpc) is 2.93. The normalized spacial score (nSPS) is 22.3. The fourth-order valence-electron chi connectivity index (χ4n) is 3.53. The van der Waals surface area contributed by atoms with Gasteiger partial charge in [-0.05, 0) is 19.8 Å². The summed E-state index contributed by atoms with van der Waals surface area (Å²) in [6.07, 6.45) is 5.02. The van der Waals surface area contributed by atoms with E-state index in [0.29, 0.717) is 31.3 Å². The molecule has 1 N–H and O–H groups in total. The first-order chi connectivity index (χ1) is 11.0. The number of hydrogen-bond donors (Lipinski definition) is 1. The van der Waals surface area contributed by atoms with Crippen LogP contribution >= 0.6 is 0 Å². The molecule has 2 heterocycles. The van der Waals surface area contributed by atoms with Gasteiger partial charge in [0, 0.05) is 26.2 Å². The Labute approximate surface area is 136 Å². The molecular formula is C16H26N4O3. The van der Waals surface area contributed by atoms with Crippen LogP contribution in [0.2, 0.25) is 0 Å². The molecule has 0 radical (unpaired) electrons. The Balaban J connectivity index is 1.45. The molecule has 7 nitrogen and oxygen atoms in total. The van der Waals surface area contributed by atoms with Gasteiger partial charge in [0.25, 0.3) is 0 Å². The van der Waals surface area contributed by atoms with Gasteiger partial charge >= 0.3 is 0 Å². The van der Waals surface area contributed by atoms with Crippen molar-refractivity contribution in [2.45, 2.75) is 57.6 Å². The Morgan fingerprint density at radius 3 is 2.52 bits per heavy atom. The number of rotatable bonds is 4. The number of carbonyl (C=O) groups excluding carboxylic acids is 1. The van der Waals surface area contributed by atoms with Gasteiger partial charge in [-0.1, -0.05) is 24.4 Å². The Morgan fingerprint density at radius 2 is 1.91 bits per heavy atom. The second-order valence-electron chi connectivity index (χ2n) is 6.85. The Hall–Kier alpha value is -1.47. The molecule has 1 saturated carbocycles. The average molecular weight is 322 g/mol. The lowest BCUT2D eigenvalue weighted by Gasteiger charge is -2.37. The minimum atomic E-state index is -0.770. The molecular weight excluding hydrogens is 296 g/mol. The van der Waals surface area contributed by atoms with Crippen LogP contribution < -0.4 is 0 Å². The van der Waals surface area contributed by atoms with Crippen LogP contribution in [-0.4, -0.2) is 62.7 Å². The summed E-state index contributed by atoms with van der Waals surface area (Å²) in [5.74, 6) is 1.36. The van der Waals surface area contributed by atoms with Gasteiger partial charge in [-0.2, -0.15) is 4.98 Å². The van der Waals surface area contributed by atoms with Crippen molar-refractivity contribution < 1.29 is 14.4 Å². The summed E-state index contributed by atoms with van der Waals surface area (Å²) in [5.41, 5.74) is -0.770. The van der Waals surface area contributed by atoms with E-state index in [1.807, 2.05) is 4.90 Å². The molecule has 1 aliphatic heterocycles. The Bertz CT molecular complexity index is 531. The predicted octanol–water partition coefficient (Wildman–Crippen LogP) is 1.11. The molecule has 3 rings (SSSR count). The molecule has 1 amide bonds. The lowest BCUT2D eigenvalue weighted by molar-refractivity contribution is -0.139. The molecule has 1 aromatic rings. The fourth-order valence-corrected chi connectivity index (χ4v) is 3.53. The van der Waals surface area contributed by atoms with Crippen molar-refractivity contribution in [3.63, 3.8) is 0 Å². The highest BCUT2D eigenvalue weighted by molar-refractivity contribution is 5.77. The fraction of sp³-hybridized carbons (Fsp3) is 0.812. The quantitative estimate of drug-likeness (QED) is 0.894. The van der Waals surface area contributed by atoms with Crippen LogP contribution in [0.15, 0.2) is 4.52 Å². The van der Waals surface area contributed by atoms with Gasteiger partial charge in [0.05, 0.1) is 18.6 Å². The highest BCUT2D eigenvalue weighted by atomic mass is 16.5.